The van der Waals surface area contributed by atoms with Gasteiger partial charge in [0.15, 0.2) is 0 Å². The van der Waals surface area contributed by atoms with Crippen LogP contribution in [0.25, 0.3) is 0 Å². The molecule has 116 valence electrons. The van der Waals surface area contributed by atoms with Gasteiger partial charge in [-0.1, -0.05) is 0 Å². The molecule has 0 spiro atoms. The molecule has 1 fully saturated rings. The molecule has 1 aliphatic rings. The molecule has 3 rings (SSSR count). The van der Waals surface area contributed by atoms with E-state index in [-0.39, 0.29) is 12.5 Å². The van der Waals surface area contributed by atoms with Crippen LogP contribution in [0.5, 0.6) is 0 Å². The van der Waals surface area contributed by atoms with Crippen LogP contribution in [-0.2, 0) is 0 Å². The third-order valence-corrected chi connectivity index (χ3v) is 3.81. The first kappa shape index (κ1) is 14.6. The van der Waals surface area contributed by atoms with E-state index in [1.54, 1.807) is 30.5 Å². The van der Waals surface area contributed by atoms with Crippen molar-refractivity contribution in [2.75, 3.05) is 24.6 Å². The zero-order chi connectivity index (χ0) is 15.4. The Labute approximate surface area is 128 Å². The number of nitrogens with one attached hydrogen (secondary N) is 1. The number of aromatic nitrogens is 1. The fourth-order valence-corrected chi connectivity index (χ4v) is 2.69. The van der Waals surface area contributed by atoms with Crippen molar-refractivity contribution in [3.63, 3.8) is 0 Å². The Hall–Kier alpha value is -2.34. The van der Waals surface area contributed by atoms with Gasteiger partial charge in [0.2, 0.25) is 0 Å². The number of aliphatic hydroxyl groups is 1. The zero-order valence-corrected chi connectivity index (χ0v) is 12.2. The van der Waals surface area contributed by atoms with E-state index in [0.717, 1.165) is 25.9 Å². The highest BCUT2D eigenvalue weighted by atomic mass is 16.3. The molecule has 22 heavy (non-hydrogen) atoms. The number of anilines is 1. The molecule has 1 unspecified atom stereocenters. The van der Waals surface area contributed by atoms with E-state index in [9.17, 15) is 9.90 Å². The fourth-order valence-electron chi connectivity index (χ4n) is 2.69. The normalized spacial score (nSPS) is 15.8. The van der Waals surface area contributed by atoms with Crippen molar-refractivity contribution in [3.05, 3.63) is 48.0 Å². The summed E-state index contributed by atoms with van der Waals surface area (Å²) in [5, 5.41) is 12.3. The number of aliphatic hydroxyl groups excluding tert-OH is 1. The van der Waals surface area contributed by atoms with Crippen LogP contribution in [0.1, 0.15) is 35.0 Å². The molecule has 1 saturated heterocycles. The van der Waals surface area contributed by atoms with E-state index in [1.807, 2.05) is 0 Å². The fraction of sp³-hybridized carbons (Fsp3) is 0.375. The summed E-state index contributed by atoms with van der Waals surface area (Å²) in [5.74, 6) is 0.974. The number of carbonyl (C=O) groups excluding carboxylic acids is 1. The minimum atomic E-state index is -0.561. The highest BCUT2D eigenvalue weighted by Gasteiger charge is 2.23. The van der Waals surface area contributed by atoms with Crippen molar-refractivity contribution >= 4 is 11.7 Å². The standard InChI is InChI=1S/C16H19N3O3/c20-11-13(14-6-4-10-22-14)18-16(21)12-5-3-7-17-15(12)19-8-1-2-9-19/h3-7,10,13,20H,1-2,8-9,11H2,(H,18,21). The van der Waals surface area contributed by atoms with Gasteiger partial charge in [0.25, 0.3) is 5.91 Å². The molecule has 1 atom stereocenters. The average Bonchev–Trinajstić information content (AvgIpc) is 3.25. The van der Waals surface area contributed by atoms with Crippen LogP contribution in [0.3, 0.4) is 0 Å². The first-order valence-electron chi connectivity index (χ1n) is 7.44. The molecular weight excluding hydrogens is 282 g/mol. The monoisotopic (exact) mass is 301 g/mol. The second-order valence-corrected chi connectivity index (χ2v) is 5.29. The molecule has 0 saturated carbocycles. The molecule has 0 bridgehead atoms. The number of furan rings is 1. The highest BCUT2D eigenvalue weighted by molar-refractivity contribution is 5.99. The minimum Gasteiger partial charge on any atom is -0.467 e. The van der Waals surface area contributed by atoms with Crippen molar-refractivity contribution in [3.8, 4) is 0 Å². The van der Waals surface area contributed by atoms with Gasteiger partial charge in [-0.05, 0) is 37.1 Å². The van der Waals surface area contributed by atoms with Crippen molar-refractivity contribution < 1.29 is 14.3 Å². The van der Waals surface area contributed by atoms with E-state index < -0.39 is 6.04 Å². The van der Waals surface area contributed by atoms with Crippen LogP contribution in [0.2, 0.25) is 0 Å². The van der Waals surface area contributed by atoms with Gasteiger partial charge in [-0.25, -0.2) is 4.98 Å². The maximum absolute atomic E-state index is 12.6. The minimum absolute atomic E-state index is 0.224. The average molecular weight is 301 g/mol. The van der Waals surface area contributed by atoms with E-state index in [1.165, 1.54) is 6.26 Å². The van der Waals surface area contributed by atoms with Crippen LogP contribution >= 0.6 is 0 Å². The van der Waals surface area contributed by atoms with Gasteiger partial charge in [-0.15, -0.1) is 0 Å². The van der Waals surface area contributed by atoms with Gasteiger partial charge in [-0.3, -0.25) is 4.79 Å². The Morgan fingerprint density at radius 2 is 2.18 bits per heavy atom. The molecule has 1 amide bonds. The summed E-state index contributed by atoms with van der Waals surface area (Å²) in [6.07, 6.45) is 5.44. The summed E-state index contributed by atoms with van der Waals surface area (Å²) in [7, 11) is 0. The van der Waals surface area contributed by atoms with Crippen LogP contribution in [0, 0.1) is 0 Å². The third-order valence-electron chi connectivity index (χ3n) is 3.81. The smallest absolute Gasteiger partial charge is 0.255 e. The van der Waals surface area contributed by atoms with Crippen LogP contribution in [0.4, 0.5) is 5.82 Å². The number of carbonyl (C=O) groups is 1. The molecule has 2 aromatic heterocycles. The molecule has 1 aliphatic heterocycles. The van der Waals surface area contributed by atoms with Gasteiger partial charge in [0.05, 0.1) is 18.4 Å². The van der Waals surface area contributed by atoms with Crippen molar-refractivity contribution in [2.45, 2.75) is 18.9 Å². The Kier molecular flexibility index (Phi) is 4.39. The van der Waals surface area contributed by atoms with E-state index in [2.05, 4.69) is 15.2 Å². The summed E-state index contributed by atoms with van der Waals surface area (Å²) in [6.45, 7) is 1.61. The first-order chi connectivity index (χ1) is 10.8. The molecule has 0 aliphatic carbocycles. The first-order valence-corrected chi connectivity index (χ1v) is 7.44. The van der Waals surface area contributed by atoms with Gasteiger partial charge in [-0.2, -0.15) is 0 Å². The van der Waals surface area contributed by atoms with Crippen LogP contribution in [0.15, 0.2) is 41.1 Å². The molecule has 2 N–H and O–H groups in total. The highest BCUT2D eigenvalue weighted by Crippen LogP contribution is 2.23. The molecular formula is C16H19N3O3. The van der Waals surface area contributed by atoms with E-state index in [4.69, 9.17) is 4.42 Å². The summed E-state index contributed by atoms with van der Waals surface area (Å²) in [5.41, 5.74) is 0.523. The number of rotatable bonds is 5. The SMILES string of the molecule is O=C(NC(CO)c1ccco1)c1cccnc1N1CCCC1. The summed E-state index contributed by atoms with van der Waals surface area (Å²) < 4.78 is 5.25. The maximum atomic E-state index is 12.6. The summed E-state index contributed by atoms with van der Waals surface area (Å²) in [6, 6.07) is 6.39. The molecule has 3 heterocycles. The molecule has 6 nitrogen and oxygen atoms in total. The lowest BCUT2D eigenvalue weighted by atomic mass is 10.2. The largest absolute Gasteiger partial charge is 0.467 e. The van der Waals surface area contributed by atoms with E-state index >= 15 is 0 Å². The van der Waals surface area contributed by atoms with Crippen molar-refractivity contribution in [1.29, 1.82) is 0 Å². The Bertz CT molecular complexity index is 621. The molecule has 6 heteroatoms. The third kappa shape index (κ3) is 2.96. The summed E-state index contributed by atoms with van der Waals surface area (Å²) >= 11 is 0. The van der Waals surface area contributed by atoms with Gasteiger partial charge in [0, 0.05) is 19.3 Å². The van der Waals surface area contributed by atoms with Gasteiger partial charge >= 0.3 is 0 Å². The lowest BCUT2D eigenvalue weighted by Crippen LogP contribution is -2.32. The lowest BCUT2D eigenvalue weighted by Gasteiger charge is -2.20. The van der Waals surface area contributed by atoms with Crippen molar-refractivity contribution in [2.24, 2.45) is 0 Å². The van der Waals surface area contributed by atoms with Gasteiger partial charge in [0.1, 0.15) is 17.6 Å². The Morgan fingerprint density at radius 3 is 2.86 bits per heavy atom. The summed E-state index contributed by atoms with van der Waals surface area (Å²) in [4.78, 5) is 19.0. The number of nitrogens with zero attached hydrogens (tertiary/aromatic N) is 2. The number of hydrogen-bond acceptors (Lipinski definition) is 5. The molecule has 0 aromatic carbocycles. The lowest BCUT2D eigenvalue weighted by molar-refractivity contribution is 0.0907. The number of amides is 1. The van der Waals surface area contributed by atoms with E-state index in [0.29, 0.717) is 17.1 Å². The maximum Gasteiger partial charge on any atom is 0.255 e. The predicted octanol–water partition coefficient (Wildman–Crippen LogP) is 1.74. The topological polar surface area (TPSA) is 78.6 Å². The number of hydrogen-bond donors (Lipinski definition) is 2. The quantitative estimate of drug-likeness (QED) is 0.879. The van der Waals surface area contributed by atoms with Crippen LogP contribution in [-0.4, -0.2) is 35.7 Å². The second kappa shape index (κ2) is 6.62. The Balaban J connectivity index is 1.80. The van der Waals surface area contributed by atoms with Crippen molar-refractivity contribution in [1.82, 2.24) is 10.3 Å². The Morgan fingerprint density at radius 1 is 1.36 bits per heavy atom. The molecule has 0 radical (unpaired) electrons. The van der Waals surface area contributed by atoms with Crippen LogP contribution < -0.4 is 10.2 Å². The second-order valence-electron chi connectivity index (χ2n) is 5.29. The number of pyridine rings is 1. The van der Waals surface area contributed by atoms with Gasteiger partial charge < -0.3 is 19.7 Å². The molecule has 2 aromatic rings. The predicted molar refractivity (Wildman–Crippen MR) is 81.7 cm³/mol. The zero-order valence-electron chi connectivity index (χ0n) is 12.2.